The van der Waals surface area contributed by atoms with Crippen LogP contribution in [0.2, 0.25) is 0 Å². The average Bonchev–Trinajstić information content (AvgIpc) is 2.82. The molecule has 0 saturated carbocycles. The van der Waals surface area contributed by atoms with E-state index in [1.807, 2.05) is 6.20 Å². The number of fused-ring (bicyclic) bond motifs is 1. The van der Waals surface area contributed by atoms with Crippen LogP contribution >= 0.6 is 0 Å². The summed E-state index contributed by atoms with van der Waals surface area (Å²) in [4.78, 5) is 7.22. The number of benzene rings is 1. The predicted octanol–water partition coefficient (Wildman–Crippen LogP) is 2.43. The highest BCUT2D eigenvalue weighted by atomic mass is 14.9. The molecule has 3 heteroatoms. The van der Waals surface area contributed by atoms with Crippen LogP contribution in [0.15, 0.2) is 30.7 Å². The van der Waals surface area contributed by atoms with Crippen molar-refractivity contribution in [2.24, 2.45) is 0 Å². The van der Waals surface area contributed by atoms with E-state index in [0.29, 0.717) is 0 Å². The highest BCUT2D eigenvalue weighted by Gasteiger charge is 2.13. The number of rotatable bonds is 1. The van der Waals surface area contributed by atoms with Crippen molar-refractivity contribution in [1.82, 2.24) is 9.97 Å². The summed E-state index contributed by atoms with van der Waals surface area (Å²) < 4.78 is 0. The van der Waals surface area contributed by atoms with Gasteiger partial charge in [0.2, 0.25) is 0 Å². The second kappa shape index (κ2) is 3.42. The zero-order chi connectivity index (χ0) is 10.1. The first-order chi connectivity index (χ1) is 7.45. The van der Waals surface area contributed by atoms with E-state index in [4.69, 9.17) is 0 Å². The smallest absolute Gasteiger partial charge is 0.0924 e. The van der Waals surface area contributed by atoms with Crippen LogP contribution in [0.1, 0.15) is 12.0 Å². The third-order valence-electron chi connectivity index (χ3n) is 2.86. The lowest BCUT2D eigenvalue weighted by atomic mass is 9.98. The van der Waals surface area contributed by atoms with Crippen LogP contribution in [-0.2, 0) is 6.42 Å². The summed E-state index contributed by atoms with van der Waals surface area (Å²) in [5, 5.41) is 3.47. The molecule has 0 atom stereocenters. The average molecular weight is 199 g/mol. The van der Waals surface area contributed by atoms with Gasteiger partial charge >= 0.3 is 0 Å². The molecule has 0 spiro atoms. The molecule has 76 valence electrons. The minimum atomic E-state index is 1.07. The van der Waals surface area contributed by atoms with E-state index in [9.17, 15) is 0 Å². The Kier molecular flexibility index (Phi) is 1.95. The number of hydrogen-bond acceptors (Lipinski definition) is 2. The molecule has 1 aromatic heterocycles. The van der Waals surface area contributed by atoms with Crippen LogP contribution < -0.4 is 5.32 Å². The molecule has 1 aliphatic rings. The number of anilines is 1. The molecule has 3 rings (SSSR count). The summed E-state index contributed by atoms with van der Waals surface area (Å²) in [5.41, 5.74) is 4.99. The van der Waals surface area contributed by atoms with Gasteiger partial charge in [-0.15, -0.1) is 0 Å². The Hall–Kier alpha value is -1.77. The molecule has 0 unspecified atom stereocenters. The lowest BCUT2D eigenvalue weighted by Crippen LogP contribution is -2.12. The van der Waals surface area contributed by atoms with Gasteiger partial charge in [-0.3, -0.25) is 0 Å². The number of imidazole rings is 1. The summed E-state index contributed by atoms with van der Waals surface area (Å²) in [7, 11) is 0. The highest BCUT2D eigenvalue weighted by Crippen LogP contribution is 2.32. The minimum Gasteiger partial charge on any atom is -0.384 e. The monoisotopic (exact) mass is 199 g/mol. The van der Waals surface area contributed by atoms with Crippen LogP contribution in [0.25, 0.3) is 11.3 Å². The van der Waals surface area contributed by atoms with Crippen LogP contribution in [0.4, 0.5) is 5.69 Å². The van der Waals surface area contributed by atoms with Gasteiger partial charge in [0.05, 0.1) is 18.2 Å². The molecule has 0 bridgehead atoms. The van der Waals surface area contributed by atoms with Crippen molar-refractivity contribution in [1.29, 1.82) is 0 Å². The van der Waals surface area contributed by atoms with Crippen molar-refractivity contribution in [2.75, 3.05) is 11.9 Å². The summed E-state index contributed by atoms with van der Waals surface area (Å²) in [5.74, 6) is 0. The maximum Gasteiger partial charge on any atom is 0.0924 e. The Morgan fingerprint density at radius 1 is 1.27 bits per heavy atom. The topological polar surface area (TPSA) is 40.7 Å². The van der Waals surface area contributed by atoms with Gasteiger partial charge in [-0.1, -0.05) is 18.2 Å². The van der Waals surface area contributed by atoms with Crippen molar-refractivity contribution in [3.63, 3.8) is 0 Å². The normalized spacial score (nSPS) is 14.4. The molecule has 15 heavy (non-hydrogen) atoms. The van der Waals surface area contributed by atoms with E-state index >= 15 is 0 Å². The molecule has 2 aromatic rings. The van der Waals surface area contributed by atoms with Crippen LogP contribution in [0.5, 0.6) is 0 Å². The van der Waals surface area contributed by atoms with E-state index in [1.165, 1.54) is 29.7 Å². The lowest BCUT2D eigenvalue weighted by Gasteiger charge is -2.20. The zero-order valence-electron chi connectivity index (χ0n) is 8.46. The number of aromatic nitrogens is 2. The molecule has 0 amide bonds. The van der Waals surface area contributed by atoms with Crippen LogP contribution in [-0.4, -0.2) is 16.5 Å². The van der Waals surface area contributed by atoms with E-state index in [0.717, 1.165) is 12.2 Å². The van der Waals surface area contributed by atoms with Crippen LogP contribution in [0.3, 0.4) is 0 Å². The maximum atomic E-state index is 4.06. The van der Waals surface area contributed by atoms with E-state index in [-0.39, 0.29) is 0 Å². The molecular weight excluding hydrogens is 186 g/mol. The third kappa shape index (κ3) is 1.40. The molecule has 1 aliphatic heterocycles. The summed E-state index contributed by atoms with van der Waals surface area (Å²) in [6, 6.07) is 6.44. The van der Waals surface area contributed by atoms with E-state index in [2.05, 4.69) is 33.5 Å². The second-order valence-corrected chi connectivity index (χ2v) is 3.84. The Morgan fingerprint density at radius 3 is 3.13 bits per heavy atom. The van der Waals surface area contributed by atoms with Crippen molar-refractivity contribution in [3.05, 3.63) is 36.3 Å². The fourth-order valence-electron chi connectivity index (χ4n) is 2.14. The second-order valence-electron chi connectivity index (χ2n) is 3.84. The zero-order valence-corrected chi connectivity index (χ0v) is 8.46. The van der Waals surface area contributed by atoms with Gasteiger partial charge in [0.15, 0.2) is 0 Å². The number of aryl methyl sites for hydroxylation is 1. The standard InChI is InChI=1S/C12H13N3/c1-3-9-4-2-6-14-12(9)10(5-1)11-7-13-8-15-11/h1,3,5,7-8,14H,2,4,6H2,(H,13,15). The Balaban J connectivity index is 2.15. The summed E-state index contributed by atoms with van der Waals surface area (Å²) in [6.07, 6.45) is 5.98. The number of para-hydroxylation sites is 1. The van der Waals surface area contributed by atoms with Crippen molar-refractivity contribution >= 4 is 5.69 Å². The SMILES string of the molecule is c1cc2c(c(-c3cnc[nH]3)c1)NCCC2. The molecule has 0 fully saturated rings. The first kappa shape index (κ1) is 8.53. The van der Waals surface area contributed by atoms with Gasteiger partial charge in [-0.25, -0.2) is 4.98 Å². The lowest BCUT2D eigenvalue weighted by molar-refractivity contribution is 0.831. The summed E-state index contributed by atoms with van der Waals surface area (Å²) in [6.45, 7) is 1.07. The first-order valence-electron chi connectivity index (χ1n) is 5.29. The summed E-state index contributed by atoms with van der Waals surface area (Å²) >= 11 is 0. The van der Waals surface area contributed by atoms with Crippen molar-refractivity contribution < 1.29 is 0 Å². The van der Waals surface area contributed by atoms with Gasteiger partial charge in [-0.2, -0.15) is 0 Å². The molecule has 0 aliphatic carbocycles. The fraction of sp³-hybridized carbons (Fsp3) is 0.250. The van der Waals surface area contributed by atoms with Gasteiger partial charge in [0, 0.05) is 17.8 Å². The van der Waals surface area contributed by atoms with Gasteiger partial charge in [0.1, 0.15) is 0 Å². The first-order valence-corrected chi connectivity index (χ1v) is 5.29. The van der Waals surface area contributed by atoms with Crippen molar-refractivity contribution in [3.8, 4) is 11.3 Å². The molecule has 0 radical (unpaired) electrons. The van der Waals surface area contributed by atoms with Crippen molar-refractivity contribution in [2.45, 2.75) is 12.8 Å². The maximum absolute atomic E-state index is 4.06. The van der Waals surface area contributed by atoms with Crippen LogP contribution in [0, 0.1) is 0 Å². The Morgan fingerprint density at radius 2 is 2.27 bits per heavy atom. The minimum absolute atomic E-state index is 1.07. The molecule has 2 heterocycles. The van der Waals surface area contributed by atoms with E-state index < -0.39 is 0 Å². The molecular formula is C12H13N3. The molecule has 2 N–H and O–H groups in total. The Labute approximate surface area is 88.6 Å². The van der Waals surface area contributed by atoms with E-state index in [1.54, 1.807) is 6.33 Å². The highest BCUT2D eigenvalue weighted by molar-refractivity contribution is 5.78. The Bertz CT molecular complexity index is 460. The number of hydrogen-bond donors (Lipinski definition) is 2. The predicted molar refractivity (Wildman–Crippen MR) is 60.8 cm³/mol. The number of aromatic amines is 1. The third-order valence-corrected chi connectivity index (χ3v) is 2.86. The number of H-pyrrole nitrogens is 1. The van der Waals surface area contributed by atoms with Gasteiger partial charge in [-0.05, 0) is 18.4 Å². The molecule has 3 nitrogen and oxygen atoms in total. The quantitative estimate of drug-likeness (QED) is 0.740. The largest absolute Gasteiger partial charge is 0.384 e. The van der Waals surface area contributed by atoms with Gasteiger partial charge < -0.3 is 10.3 Å². The molecule has 0 saturated heterocycles. The van der Waals surface area contributed by atoms with Gasteiger partial charge in [0.25, 0.3) is 0 Å². The fourth-order valence-corrected chi connectivity index (χ4v) is 2.14. The number of nitrogens with zero attached hydrogens (tertiary/aromatic N) is 1. The number of nitrogens with one attached hydrogen (secondary N) is 2. The molecule has 1 aromatic carbocycles.